The molecule has 1 fully saturated rings. The molecule has 0 amide bonds. The molecule has 8 nitrogen and oxygen atoms in total. The van der Waals surface area contributed by atoms with Crippen LogP contribution in [0.3, 0.4) is 0 Å². The van der Waals surface area contributed by atoms with E-state index in [9.17, 15) is 8.42 Å². The van der Waals surface area contributed by atoms with Gasteiger partial charge in [0, 0.05) is 23.2 Å². The third kappa shape index (κ3) is 3.29. The molecule has 0 saturated carbocycles. The van der Waals surface area contributed by atoms with E-state index in [4.69, 9.17) is 10.7 Å². The first-order valence-electron chi connectivity index (χ1n) is 9.56. The molecule has 2 N–H and O–H groups in total. The maximum Gasteiger partial charge on any atom is 0.165 e. The lowest BCUT2D eigenvalue weighted by atomic mass is 9.98. The number of nitrogens with two attached hydrogens (primary N) is 1. The van der Waals surface area contributed by atoms with Gasteiger partial charge in [0.15, 0.2) is 5.65 Å². The number of anilines is 1. The van der Waals surface area contributed by atoms with Crippen LogP contribution in [0.25, 0.3) is 22.5 Å². The summed E-state index contributed by atoms with van der Waals surface area (Å²) in [6.45, 7) is 0. The van der Waals surface area contributed by atoms with Crippen LogP contribution in [0, 0.1) is 0 Å². The van der Waals surface area contributed by atoms with Crippen LogP contribution in [0.1, 0.15) is 24.5 Å². The lowest BCUT2D eigenvalue weighted by Crippen LogP contribution is -2.23. The minimum atomic E-state index is -2.96. The second kappa shape index (κ2) is 7.21. The lowest BCUT2D eigenvalue weighted by Gasteiger charge is -2.23. The predicted molar refractivity (Wildman–Crippen MR) is 118 cm³/mol. The quantitative estimate of drug-likeness (QED) is 0.476. The first kappa shape index (κ1) is 19.3. The van der Waals surface area contributed by atoms with Gasteiger partial charge in [0.25, 0.3) is 0 Å². The normalized spacial score (nSPS) is 16.8. The summed E-state index contributed by atoms with van der Waals surface area (Å²) >= 11 is 3.55. The number of sulfone groups is 1. The van der Waals surface area contributed by atoms with Crippen LogP contribution in [0.15, 0.2) is 53.4 Å². The number of para-hydroxylation sites is 1. The van der Waals surface area contributed by atoms with Crippen molar-refractivity contribution in [1.82, 2.24) is 24.4 Å². The lowest BCUT2D eigenvalue weighted by molar-refractivity contribution is 0.543. The van der Waals surface area contributed by atoms with Crippen molar-refractivity contribution >= 4 is 37.2 Å². The Morgan fingerprint density at radius 3 is 2.53 bits per heavy atom. The second-order valence-corrected chi connectivity index (χ2v) is 10.5. The summed E-state index contributed by atoms with van der Waals surface area (Å²) in [6, 6.07) is 9.84. The van der Waals surface area contributed by atoms with Gasteiger partial charge in [-0.05, 0) is 40.9 Å². The van der Waals surface area contributed by atoms with E-state index in [-0.39, 0.29) is 17.4 Å². The molecule has 0 radical (unpaired) electrons. The average Bonchev–Trinajstić information content (AvgIpc) is 3.39. The summed E-state index contributed by atoms with van der Waals surface area (Å²) in [4.78, 5) is 4.87. The van der Waals surface area contributed by atoms with Crippen molar-refractivity contribution in [2.75, 3.05) is 17.2 Å². The number of rotatable bonds is 3. The molecule has 0 spiro atoms. The van der Waals surface area contributed by atoms with Gasteiger partial charge in [-0.15, -0.1) is 0 Å². The molecule has 4 heterocycles. The molecule has 0 bridgehead atoms. The van der Waals surface area contributed by atoms with E-state index in [1.54, 1.807) is 21.6 Å². The minimum absolute atomic E-state index is 0.0324. The second-order valence-electron chi connectivity index (χ2n) is 7.43. The van der Waals surface area contributed by atoms with Crippen LogP contribution in [-0.2, 0) is 9.84 Å². The van der Waals surface area contributed by atoms with Gasteiger partial charge in [-0.3, -0.25) is 0 Å². The van der Waals surface area contributed by atoms with E-state index in [1.165, 1.54) is 0 Å². The third-order valence-corrected chi connectivity index (χ3v) is 8.03. The molecular weight excluding hydrogens is 468 g/mol. The van der Waals surface area contributed by atoms with Gasteiger partial charge in [0.2, 0.25) is 0 Å². The fraction of sp³-hybridized carbons (Fsp3) is 0.250. The molecule has 4 aromatic rings. The molecule has 154 valence electrons. The van der Waals surface area contributed by atoms with Crippen LogP contribution in [-0.4, -0.2) is 44.3 Å². The number of nitrogens with zero attached hydrogens (tertiary/aromatic N) is 5. The molecule has 0 atom stereocenters. The molecule has 1 aliphatic rings. The van der Waals surface area contributed by atoms with E-state index in [1.807, 2.05) is 36.5 Å². The van der Waals surface area contributed by atoms with Gasteiger partial charge in [-0.1, -0.05) is 18.2 Å². The van der Waals surface area contributed by atoms with Crippen molar-refractivity contribution in [3.8, 4) is 16.8 Å². The fourth-order valence-corrected chi connectivity index (χ4v) is 5.91. The summed E-state index contributed by atoms with van der Waals surface area (Å²) in [5.41, 5.74) is 10.4. The number of aromatic nitrogens is 5. The number of halogens is 1. The molecule has 0 unspecified atom stereocenters. The molecular formula is C20H19BrN6O2S. The van der Waals surface area contributed by atoms with Crippen LogP contribution in [0.2, 0.25) is 0 Å². The molecule has 1 saturated heterocycles. The Balaban J connectivity index is 1.58. The third-order valence-electron chi connectivity index (χ3n) is 5.50. The Hall–Kier alpha value is -2.72. The fourth-order valence-electron chi connectivity index (χ4n) is 3.83. The van der Waals surface area contributed by atoms with Gasteiger partial charge < -0.3 is 5.73 Å². The zero-order valence-electron chi connectivity index (χ0n) is 15.9. The van der Waals surface area contributed by atoms with Crippen LogP contribution < -0.4 is 5.73 Å². The summed E-state index contributed by atoms with van der Waals surface area (Å²) in [5.74, 6) is 0.828. The molecule has 0 aliphatic carbocycles. The molecule has 1 aliphatic heterocycles. The number of benzene rings is 1. The predicted octanol–water partition coefficient (Wildman–Crippen LogP) is 3.22. The van der Waals surface area contributed by atoms with Gasteiger partial charge in [-0.2, -0.15) is 14.7 Å². The maximum atomic E-state index is 11.8. The van der Waals surface area contributed by atoms with Crippen molar-refractivity contribution in [2.45, 2.75) is 18.8 Å². The van der Waals surface area contributed by atoms with Crippen LogP contribution in [0.4, 0.5) is 5.82 Å². The summed E-state index contributed by atoms with van der Waals surface area (Å²) in [7, 11) is -2.96. The van der Waals surface area contributed by atoms with Gasteiger partial charge >= 0.3 is 0 Å². The van der Waals surface area contributed by atoms with Crippen LogP contribution >= 0.6 is 15.9 Å². The SMILES string of the molecule is Nc1c(Br)c(C2CCS(=O)(=O)CC2)nc2c(-c3cnn(-c4ccccc4)c3)cnn12. The smallest absolute Gasteiger partial charge is 0.165 e. The summed E-state index contributed by atoms with van der Waals surface area (Å²) in [6.07, 6.45) is 6.51. The van der Waals surface area contributed by atoms with Crippen LogP contribution in [0.5, 0.6) is 0 Å². The van der Waals surface area contributed by atoms with Crippen molar-refractivity contribution in [1.29, 1.82) is 0 Å². The van der Waals surface area contributed by atoms with E-state index in [0.29, 0.717) is 28.8 Å². The molecule has 3 aromatic heterocycles. The largest absolute Gasteiger partial charge is 0.383 e. The van der Waals surface area contributed by atoms with Gasteiger partial charge in [0.1, 0.15) is 15.7 Å². The molecule has 10 heteroatoms. The van der Waals surface area contributed by atoms with E-state index in [0.717, 1.165) is 22.5 Å². The van der Waals surface area contributed by atoms with Crippen molar-refractivity contribution in [3.05, 3.63) is 59.1 Å². The Morgan fingerprint density at radius 2 is 1.80 bits per heavy atom. The summed E-state index contributed by atoms with van der Waals surface area (Å²) in [5, 5.41) is 8.88. The first-order valence-corrected chi connectivity index (χ1v) is 12.2. The highest BCUT2D eigenvalue weighted by Gasteiger charge is 2.29. The van der Waals surface area contributed by atoms with Crippen molar-refractivity contribution < 1.29 is 8.42 Å². The molecule has 1 aromatic carbocycles. The zero-order valence-corrected chi connectivity index (χ0v) is 18.3. The Bertz CT molecular complexity index is 1330. The number of nitrogen functional groups attached to an aromatic ring is 1. The zero-order chi connectivity index (χ0) is 20.9. The highest BCUT2D eigenvalue weighted by atomic mass is 79.9. The average molecular weight is 487 g/mol. The Labute approximate surface area is 181 Å². The monoisotopic (exact) mass is 486 g/mol. The highest BCUT2D eigenvalue weighted by molar-refractivity contribution is 9.10. The molecule has 5 rings (SSSR count). The number of fused-ring (bicyclic) bond motifs is 1. The Morgan fingerprint density at radius 1 is 1.07 bits per heavy atom. The minimum Gasteiger partial charge on any atom is -0.383 e. The summed E-state index contributed by atoms with van der Waals surface area (Å²) < 4.78 is 27.7. The topological polar surface area (TPSA) is 108 Å². The number of hydrogen-bond donors (Lipinski definition) is 1. The standard InChI is InChI=1S/C20H19BrN6O2S/c21-17-18(13-6-8-30(28,29)9-7-13)25-20-16(11-24-27(20)19(17)22)14-10-23-26(12-14)15-4-2-1-3-5-15/h1-5,10-13H,6-9,22H2. The first-order chi connectivity index (χ1) is 14.4. The number of hydrogen-bond acceptors (Lipinski definition) is 6. The van der Waals surface area contributed by atoms with E-state index >= 15 is 0 Å². The van der Waals surface area contributed by atoms with Gasteiger partial charge in [-0.25, -0.2) is 18.1 Å². The van der Waals surface area contributed by atoms with Gasteiger partial charge in [0.05, 0.1) is 39.8 Å². The molecule has 30 heavy (non-hydrogen) atoms. The maximum absolute atomic E-state index is 11.8. The van der Waals surface area contributed by atoms with E-state index in [2.05, 4.69) is 26.1 Å². The van der Waals surface area contributed by atoms with Crippen molar-refractivity contribution in [2.24, 2.45) is 0 Å². The highest BCUT2D eigenvalue weighted by Crippen LogP contribution is 2.37. The van der Waals surface area contributed by atoms with E-state index < -0.39 is 9.84 Å². The Kier molecular flexibility index (Phi) is 4.62. The van der Waals surface area contributed by atoms with Crippen molar-refractivity contribution in [3.63, 3.8) is 0 Å².